The monoisotopic (exact) mass is 285 g/mol. The van der Waals surface area contributed by atoms with Gasteiger partial charge in [-0.25, -0.2) is 12.7 Å². The van der Waals surface area contributed by atoms with Gasteiger partial charge in [0.15, 0.2) is 0 Å². The highest BCUT2D eigenvalue weighted by molar-refractivity contribution is 7.89. The zero-order chi connectivity index (χ0) is 14.0. The summed E-state index contributed by atoms with van der Waals surface area (Å²) in [5, 5.41) is 9.23. The zero-order valence-corrected chi connectivity index (χ0v) is 12.0. The van der Waals surface area contributed by atoms with Crippen LogP contribution in [0.1, 0.15) is 18.9 Å². The van der Waals surface area contributed by atoms with Gasteiger partial charge in [-0.05, 0) is 37.1 Å². The summed E-state index contributed by atoms with van der Waals surface area (Å²) in [5.74, 6) is 0.769. The third kappa shape index (κ3) is 3.08. The number of fused-ring (bicyclic) bond motifs is 1. The summed E-state index contributed by atoms with van der Waals surface area (Å²) in [6.07, 6.45) is 0.658. The second-order valence-electron chi connectivity index (χ2n) is 4.83. The largest absolute Gasteiger partial charge is 0.493 e. The predicted molar refractivity (Wildman–Crippen MR) is 71.8 cm³/mol. The van der Waals surface area contributed by atoms with Gasteiger partial charge in [0.25, 0.3) is 0 Å². The number of aliphatic hydroxyl groups excluding tert-OH is 1. The number of aliphatic hydroxyl groups is 1. The van der Waals surface area contributed by atoms with E-state index in [-0.39, 0.29) is 4.90 Å². The van der Waals surface area contributed by atoms with E-state index in [0.717, 1.165) is 17.7 Å². The third-order valence-corrected chi connectivity index (χ3v) is 5.08. The minimum Gasteiger partial charge on any atom is -0.493 e. The van der Waals surface area contributed by atoms with Gasteiger partial charge in [0.1, 0.15) is 5.75 Å². The summed E-state index contributed by atoms with van der Waals surface area (Å²) in [6, 6.07) is 4.95. The first kappa shape index (κ1) is 14.3. The van der Waals surface area contributed by atoms with Crippen LogP contribution in [0.25, 0.3) is 0 Å². The normalized spacial score (nSPS) is 16.2. The van der Waals surface area contributed by atoms with Crippen LogP contribution in [0.2, 0.25) is 0 Å². The first-order valence-electron chi connectivity index (χ1n) is 6.31. The molecular formula is C13H19NO4S. The van der Waals surface area contributed by atoms with Crippen LogP contribution in [0, 0.1) is 0 Å². The quantitative estimate of drug-likeness (QED) is 0.877. The summed E-state index contributed by atoms with van der Waals surface area (Å²) in [6.45, 7) is 2.55. The first-order chi connectivity index (χ1) is 8.91. The van der Waals surface area contributed by atoms with Crippen molar-refractivity contribution in [2.75, 3.05) is 20.2 Å². The molecule has 1 unspecified atom stereocenters. The fourth-order valence-corrected chi connectivity index (χ4v) is 3.23. The number of hydrogen-bond acceptors (Lipinski definition) is 4. The number of benzene rings is 1. The van der Waals surface area contributed by atoms with Gasteiger partial charge in [0.2, 0.25) is 10.0 Å². The topological polar surface area (TPSA) is 66.8 Å². The van der Waals surface area contributed by atoms with Crippen molar-refractivity contribution in [2.45, 2.75) is 30.8 Å². The number of hydrogen-bond donors (Lipinski definition) is 1. The van der Waals surface area contributed by atoms with Crippen LogP contribution in [-0.2, 0) is 16.4 Å². The van der Waals surface area contributed by atoms with Crippen molar-refractivity contribution in [2.24, 2.45) is 0 Å². The molecule has 0 aliphatic carbocycles. The Kier molecular flexibility index (Phi) is 4.13. The molecule has 1 heterocycles. The lowest BCUT2D eigenvalue weighted by atomic mass is 10.2. The van der Waals surface area contributed by atoms with Crippen LogP contribution in [-0.4, -0.2) is 44.1 Å². The molecule has 1 aliphatic heterocycles. The van der Waals surface area contributed by atoms with Gasteiger partial charge in [-0.15, -0.1) is 0 Å². The molecule has 0 saturated carbocycles. The minimum absolute atomic E-state index is 0.282. The lowest BCUT2D eigenvalue weighted by molar-refractivity contribution is 0.177. The van der Waals surface area contributed by atoms with Gasteiger partial charge < -0.3 is 9.84 Å². The van der Waals surface area contributed by atoms with E-state index in [1.54, 1.807) is 25.1 Å². The molecule has 1 aliphatic rings. The van der Waals surface area contributed by atoms with E-state index in [1.807, 2.05) is 0 Å². The molecule has 0 bridgehead atoms. The van der Waals surface area contributed by atoms with Gasteiger partial charge in [-0.1, -0.05) is 0 Å². The Morgan fingerprint density at radius 1 is 1.47 bits per heavy atom. The predicted octanol–water partition coefficient (Wildman–Crippen LogP) is 1.01. The zero-order valence-electron chi connectivity index (χ0n) is 11.2. The minimum atomic E-state index is -3.49. The van der Waals surface area contributed by atoms with Crippen molar-refractivity contribution in [1.29, 1.82) is 0 Å². The SMILES string of the molecule is CC(O)CCN(C)S(=O)(=O)c1ccc2c(c1)CCO2. The number of nitrogens with zero attached hydrogens (tertiary/aromatic N) is 1. The summed E-state index contributed by atoms with van der Waals surface area (Å²) < 4.78 is 31.3. The van der Waals surface area contributed by atoms with E-state index < -0.39 is 16.1 Å². The molecule has 19 heavy (non-hydrogen) atoms. The lowest BCUT2D eigenvalue weighted by Gasteiger charge is -2.18. The Morgan fingerprint density at radius 2 is 2.21 bits per heavy atom. The highest BCUT2D eigenvalue weighted by atomic mass is 32.2. The van der Waals surface area contributed by atoms with Crippen molar-refractivity contribution < 1.29 is 18.3 Å². The van der Waals surface area contributed by atoms with Crippen LogP contribution >= 0.6 is 0 Å². The molecule has 1 aromatic carbocycles. The van der Waals surface area contributed by atoms with Crippen LogP contribution in [0.15, 0.2) is 23.1 Å². The number of rotatable bonds is 5. The van der Waals surface area contributed by atoms with Gasteiger partial charge >= 0.3 is 0 Å². The fraction of sp³-hybridized carbons (Fsp3) is 0.538. The second kappa shape index (κ2) is 5.48. The van der Waals surface area contributed by atoms with E-state index in [2.05, 4.69) is 0 Å². The van der Waals surface area contributed by atoms with Crippen molar-refractivity contribution in [3.8, 4) is 5.75 Å². The summed E-state index contributed by atoms with van der Waals surface area (Å²) in [4.78, 5) is 0.282. The van der Waals surface area contributed by atoms with E-state index in [4.69, 9.17) is 4.74 Å². The first-order valence-corrected chi connectivity index (χ1v) is 7.75. The van der Waals surface area contributed by atoms with Gasteiger partial charge in [-0.2, -0.15) is 0 Å². The second-order valence-corrected chi connectivity index (χ2v) is 6.88. The molecular weight excluding hydrogens is 266 g/mol. The molecule has 0 fully saturated rings. The van der Waals surface area contributed by atoms with Gasteiger partial charge in [0.05, 0.1) is 17.6 Å². The van der Waals surface area contributed by atoms with Crippen molar-refractivity contribution in [1.82, 2.24) is 4.31 Å². The molecule has 0 amide bonds. The van der Waals surface area contributed by atoms with E-state index >= 15 is 0 Å². The Labute approximate surface area is 113 Å². The maximum absolute atomic E-state index is 12.3. The molecule has 6 heteroatoms. The Balaban J connectivity index is 2.19. The van der Waals surface area contributed by atoms with Gasteiger partial charge in [0, 0.05) is 20.0 Å². The standard InChI is InChI=1S/C13H19NO4S/c1-10(15)5-7-14(2)19(16,17)12-3-4-13-11(9-12)6-8-18-13/h3-4,9-10,15H,5-8H2,1-2H3. The Bertz CT molecular complexity index is 554. The van der Waals surface area contributed by atoms with E-state index in [9.17, 15) is 13.5 Å². The van der Waals surface area contributed by atoms with E-state index in [1.165, 1.54) is 11.4 Å². The van der Waals surface area contributed by atoms with E-state index in [0.29, 0.717) is 19.6 Å². The highest BCUT2D eigenvalue weighted by Gasteiger charge is 2.23. The molecule has 0 aromatic heterocycles. The lowest BCUT2D eigenvalue weighted by Crippen LogP contribution is -2.29. The molecule has 0 radical (unpaired) electrons. The van der Waals surface area contributed by atoms with Crippen LogP contribution < -0.4 is 4.74 Å². The summed E-state index contributed by atoms with van der Waals surface area (Å²) in [5.41, 5.74) is 0.935. The molecule has 0 spiro atoms. The molecule has 2 rings (SSSR count). The fourth-order valence-electron chi connectivity index (χ4n) is 1.99. The molecule has 1 aromatic rings. The van der Waals surface area contributed by atoms with Crippen molar-refractivity contribution in [3.63, 3.8) is 0 Å². The van der Waals surface area contributed by atoms with Crippen molar-refractivity contribution >= 4 is 10.0 Å². The summed E-state index contributed by atoms with van der Waals surface area (Å²) in [7, 11) is -1.96. The van der Waals surface area contributed by atoms with Crippen molar-refractivity contribution in [3.05, 3.63) is 23.8 Å². The number of sulfonamides is 1. The smallest absolute Gasteiger partial charge is 0.242 e. The molecule has 0 saturated heterocycles. The number of ether oxygens (including phenoxy) is 1. The van der Waals surface area contributed by atoms with Crippen LogP contribution in [0.4, 0.5) is 0 Å². The maximum Gasteiger partial charge on any atom is 0.242 e. The van der Waals surface area contributed by atoms with Gasteiger partial charge in [-0.3, -0.25) is 0 Å². The Hall–Kier alpha value is -1.11. The Morgan fingerprint density at radius 3 is 2.89 bits per heavy atom. The average Bonchev–Trinajstić information content (AvgIpc) is 2.82. The molecule has 5 nitrogen and oxygen atoms in total. The molecule has 1 atom stereocenters. The third-order valence-electron chi connectivity index (χ3n) is 3.23. The summed E-state index contributed by atoms with van der Waals surface area (Å²) >= 11 is 0. The van der Waals surface area contributed by atoms with Crippen LogP contribution in [0.5, 0.6) is 5.75 Å². The van der Waals surface area contributed by atoms with Crippen LogP contribution in [0.3, 0.4) is 0 Å². The molecule has 106 valence electrons. The average molecular weight is 285 g/mol. The highest BCUT2D eigenvalue weighted by Crippen LogP contribution is 2.28. The maximum atomic E-state index is 12.3. The molecule has 1 N–H and O–H groups in total.